The number of aryl methyl sites for hydroxylation is 1. The molecule has 1 aromatic carbocycles. The van der Waals surface area contributed by atoms with Crippen molar-refractivity contribution < 1.29 is 4.90 Å². The van der Waals surface area contributed by atoms with Gasteiger partial charge in [-0.1, -0.05) is 26.7 Å². The van der Waals surface area contributed by atoms with Gasteiger partial charge in [0, 0.05) is 36.4 Å². The minimum Gasteiger partial charge on any atom is -0.378 e. The molecule has 25 heavy (non-hydrogen) atoms. The molecule has 1 aromatic heterocycles. The molecule has 2 aromatic rings. The number of hydrogen-bond acceptors (Lipinski definition) is 2. The van der Waals surface area contributed by atoms with Gasteiger partial charge in [0.25, 0.3) is 0 Å². The molecule has 0 saturated carbocycles. The van der Waals surface area contributed by atoms with Crippen LogP contribution in [0.1, 0.15) is 50.8 Å². The predicted molar refractivity (Wildman–Crippen MR) is 108 cm³/mol. The second-order valence-electron chi connectivity index (χ2n) is 7.32. The quantitative estimate of drug-likeness (QED) is 0.734. The van der Waals surface area contributed by atoms with Gasteiger partial charge in [0.2, 0.25) is 0 Å². The first-order chi connectivity index (χ1) is 12.0. The van der Waals surface area contributed by atoms with E-state index < -0.39 is 0 Å². The van der Waals surface area contributed by atoms with E-state index in [2.05, 4.69) is 24.9 Å². The Hall–Kier alpha value is -1.81. The zero-order chi connectivity index (χ0) is 18.4. The van der Waals surface area contributed by atoms with Gasteiger partial charge in [-0.25, -0.2) is 0 Å². The van der Waals surface area contributed by atoms with Crippen molar-refractivity contribution in [1.29, 1.82) is 0 Å². The number of anilines is 1. The topological polar surface area (TPSA) is 40.5 Å². The van der Waals surface area contributed by atoms with Gasteiger partial charge in [-0.05, 0) is 38.0 Å². The number of aromatic amines is 1. The van der Waals surface area contributed by atoms with Crippen LogP contribution in [-0.2, 0) is 6.54 Å². The summed E-state index contributed by atoms with van der Waals surface area (Å²) in [4.78, 5) is 20.2. The number of unbranched alkanes of at least 4 members (excludes halogenated alkanes) is 2. The van der Waals surface area contributed by atoms with E-state index in [9.17, 15) is 4.79 Å². The Morgan fingerprint density at radius 3 is 2.28 bits per heavy atom. The van der Waals surface area contributed by atoms with Crippen molar-refractivity contribution in [2.45, 2.75) is 53.0 Å². The summed E-state index contributed by atoms with van der Waals surface area (Å²) in [6.45, 7) is 9.61. The molecule has 2 N–H and O–H groups in total. The lowest BCUT2D eigenvalue weighted by molar-refractivity contribution is -0.914. The third-order valence-corrected chi connectivity index (χ3v) is 5.01. The van der Waals surface area contributed by atoms with Crippen LogP contribution >= 0.6 is 0 Å². The molecule has 0 atom stereocenters. The van der Waals surface area contributed by atoms with Crippen molar-refractivity contribution in [2.24, 2.45) is 0 Å². The van der Waals surface area contributed by atoms with Gasteiger partial charge in [0.15, 0.2) is 5.43 Å². The number of rotatable bonds is 9. The molecule has 4 heteroatoms. The van der Waals surface area contributed by atoms with Crippen molar-refractivity contribution in [3.63, 3.8) is 0 Å². The molecule has 0 spiro atoms. The van der Waals surface area contributed by atoms with Crippen molar-refractivity contribution in [3.05, 3.63) is 39.7 Å². The molecule has 0 saturated heterocycles. The van der Waals surface area contributed by atoms with Gasteiger partial charge in [0.05, 0.1) is 18.7 Å². The van der Waals surface area contributed by atoms with Gasteiger partial charge >= 0.3 is 0 Å². The number of H-pyrrole nitrogens is 1. The van der Waals surface area contributed by atoms with E-state index in [4.69, 9.17) is 0 Å². The summed E-state index contributed by atoms with van der Waals surface area (Å²) in [5.74, 6) is 0. The molecule has 0 bridgehead atoms. The Morgan fingerprint density at radius 1 is 1.08 bits per heavy atom. The summed E-state index contributed by atoms with van der Waals surface area (Å²) in [6.07, 6.45) is 4.84. The fourth-order valence-electron chi connectivity index (χ4n) is 3.34. The van der Waals surface area contributed by atoms with Crippen LogP contribution in [0.15, 0.2) is 23.0 Å². The zero-order valence-electron chi connectivity index (χ0n) is 16.5. The summed E-state index contributed by atoms with van der Waals surface area (Å²) in [7, 11) is 4.01. The number of nitrogens with one attached hydrogen (secondary N) is 2. The van der Waals surface area contributed by atoms with E-state index in [1.165, 1.54) is 30.6 Å². The maximum absolute atomic E-state index is 13.2. The van der Waals surface area contributed by atoms with Crippen molar-refractivity contribution in [2.75, 3.05) is 32.1 Å². The number of nitrogens with zero attached hydrogens (tertiary/aromatic N) is 1. The van der Waals surface area contributed by atoms with E-state index in [-0.39, 0.29) is 5.43 Å². The average molecular weight is 345 g/mol. The number of hydrogen-bond donors (Lipinski definition) is 2. The van der Waals surface area contributed by atoms with Gasteiger partial charge in [-0.15, -0.1) is 0 Å². The fraction of sp³-hybridized carbons (Fsp3) is 0.571. The highest BCUT2D eigenvalue weighted by Gasteiger charge is 2.16. The normalized spacial score (nSPS) is 11.4. The molecule has 0 amide bonds. The summed E-state index contributed by atoms with van der Waals surface area (Å²) >= 11 is 0. The summed E-state index contributed by atoms with van der Waals surface area (Å²) < 4.78 is 0. The maximum atomic E-state index is 13.2. The first-order valence-electron chi connectivity index (χ1n) is 9.64. The van der Waals surface area contributed by atoms with Crippen molar-refractivity contribution in [3.8, 4) is 0 Å². The lowest BCUT2D eigenvalue weighted by Gasteiger charge is -2.20. The lowest BCUT2D eigenvalue weighted by Crippen LogP contribution is -3.10. The van der Waals surface area contributed by atoms with Gasteiger partial charge in [0.1, 0.15) is 6.54 Å². The number of benzene rings is 1. The molecule has 138 valence electrons. The van der Waals surface area contributed by atoms with Crippen LogP contribution in [0.4, 0.5) is 5.69 Å². The summed E-state index contributed by atoms with van der Waals surface area (Å²) in [5, 5.41) is 0.803. The van der Waals surface area contributed by atoms with E-state index >= 15 is 0 Å². The molecule has 0 fully saturated rings. The number of quaternary nitrogens is 1. The van der Waals surface area contributed by atoms with Crippen molar-refractivity contribution in [1.82, 2.24) is 4.98 Å². The Kier molecular flexibility index (Phi) is 7.06. The molecular weight excluding hydrogens is 310 g/mol. The number of pyridine rings is 1. The highest BCUT2D eigenvalue weighted by atomic mass is 16.1. The minimum absolute atomic E-state index is 0.195. The predicted octanol–water partition coefficient (Wildman–Crippen LogP) is 2.89. The van der Waals surface area contributed by atoms with Gasteiger partial charge < -0.3 is 14.8 Å². The number of aromatic nitrogens is 1. The Morgan fingerprint density at radius 2 is 1.72 bits per heavy atom. The van der Waals surface area contributed by atoms with Crippen LogP contribution in [0.5, 0.6) is 0 Å². The van der Waals surface area contributed by atoms with Gasteiger partial charge in [-0.2, -0.15) is 0 Å². The molecule has 0 aliphatic rings. The Labute approximate surface area is 151 Å². The third kappa shape index (κ3) is 4.85. The number of fused-ring (bicyclic) bond motifs is 1. The Bertz CT molecular complexity index is 741. The second-order valence-corrected chi connectivity index (χ2v) is 7.32. The molecule has 1 heterocycles. The van der Waals surface area contributed by atoms with E-state index in [1.54, 1.807) is 0 Å². The monoisotopic (exact) mass is 344 g/mol. The molecule has 2 rings (SSSR count). The van der Waals surface area contributed by atoms with E-state index in [0.29, 0.717) is 0 Å². The average Bonchev–Trinajstić information content (AvgIpc) is 2.59. The first-order valence-corrected chi connectivity index (χ1v) is 9.64. The molecule has 4 nitrogen and oxygen atoms in total. The lowest BCUT2D eigenvalue weighted by atomic mass is 10.1. The highest BCUT2D eigenvalue weighted by molar-refractivity contribution is 5.83. The SMILES string of the molecule is CCCC[NH+](CCCC)Cc1c(C)[nH]c2ccc(N(C)C)cc2c1=O. The van der Waals surface area contributed by atoms with E-state index in [0.717, 1.165) is 47.5 Å². The molecule has 0 unspecified atom stereocenters. The van der Waals surface area contributed by atoms with Crippen LogP contribution in [0, 0.1) is 6.92 Å². The molecule has 0 aliphatic carbocycles. The summed E-state index contributed by atoms with van der Waals surface area (Å²) in [6, 6.07) is 6.08. The minimum atomic E-state index is 0.195. The second kappa shape index (κ2) is 9.04. The largest absolute Gasteiger partial charge is 0.378 e. The smallest absolute Gasteiger partial charge is 0.198 e. The fourth-order valence-corrected chi connectivity index (χ4v) is 3.34. The van der Waals surface area contributed by atoms with Crippen LogP contribution < -0.4 is 15.2 Å². The summed E-state index contributed by atoms with van der Waals surface area (Å²) in [5.41, 5.74) is 4.15. The third-order valence-electron chi connectivity index (χ3n) is 5.01. The highest BCUT2D eigenvalue weighted by Crippen LogP contribution is 2.18. The molecule has 0 aliphatic heterocycles. The zero-order valence-corrected chi connectivity index (χ0v) is 16.5. The first kappa shape index (κ1) is 19.5. The molecule has 0 radical (unpaired) electrons. The Balaban J connectivity index is 2.39. The standard InChI is InChI=1S/C21H33N3O/c1-6-8-12-24(13-9-7-2)15-19-16(3)22-20-11-10-17(23(4)5)14-18(20)21(19)25/h10-11,14H,6-9,12-13,15H2,1-5H3,(H,22,25)/p+1. The van der Waals surface area contributed by atoms with Crippen molar-refractivity contribution >= 4 is 16.6 Å². The van der Waals surface area contributed by atoms with Crippen LogP contribution in [0.25, 0.3) is 10.9 Å². The van der Waals surface area contributed by atoms with Gasteiger partial charge in [-0.3, -0.25) is 4.79 Å². The van der Waals surface area contributed by atoms with Crippen LogP contribution in [0.3, 0.4) is 0 Å². The molecular formula is C21H34N3O+. The van der Waals surface area contributed by atoms with Crippen LogP contribution in [-0.4, -0.2) is 32.2 Å². The van der Waals surface area contributed by atoms with Crippen LogP contribution in [0.2, 0.25) is 0 Å². The van der Waals surface area contributed by atoms with E-state index in [1.807, 2.05) is 38.1 Å². The maximum Gasteiger partial charge on any atom is 0.198 e.